The maximum absolute atomic E-state index is 13.4. The van der Waals surface area contributed by atoms with Gasteiger partial charge in [0.25, 0.3) is 5.56 Å². The quantitative estimate of drug-likeness (QED) is 0.265. The number of carbonyl (C=O) groups is 2. The zero-order chi connectivity index (χ0) is 25.3. The second-order valence-corrected chi connectivity index (χ2v) is 15.0. The van der Waals surface area contributed by atoms with Crippen molar-refractivity contribution in [2.45, 2.75) is 65.1 Å². The van der Waals surface area contributed by atoms with Crippen LogP contribution in [-0.4, -0.2) is 34.7 Å². The van der Waals surface area contributed by atoms with E-state index in [0.717, 1.165) is 27.7 Å². The molecule has 0 saturated heterocycles. The number of pyridine rings is 2. The lowest BCUT2D eigenvalue weighted by molar-refractivity contribution is -0.172. The molecule has 1 N–H and O–H groups in total. The predicted molar refractivity (Wildman–Crippen MR) is 133 cm³/mol. The average Bonchev–Trinajstić information content (AvgIpc) is 3.18. The Morgan fingerprint density at radius 2 is 2.00 bits per heavy atom. The van der Waals surface area contributed by atoms with E-state index in [2.05, 4.69) is 20.0 Å². The van der Waals surface area contributed by atoms with Gasteiger partial charge in [-0.05, 0) is 29.8 Å². The van der Waals surface area contributed by atoms with E-state index in [1.165, 1.54) is 6.92 Å². The standard InChI is InChI=1S/C26H28N2O6Si/c1-6-26(32)18-11-19-22-15(12-28(19)24(30)17(18)13-33-25(26)31)10-16-20(34-14(3)29)8-9-21(23(16)27-22)35(4,5)7-2/h8-11,32H,6-7,12-13H2,1-5H3/t26-/m0/s1. The van der Waals surface area contributed by atoms with E-state index in [0.29, 0.717) is 22.7 Å². The van der Waals surface area contributed by atoms with Gasteiger partial charge < -0.3 is 19.1 Å². The van der Waals surface area contributed by atoms with Crippen LogP contribution in [0.3, 0.4) is 0 Å². The second kappa shape index (κ2) is 7.86. The summed E-state index contributed by atoms with van der Waals surface area (Å²) in [6, 6.07) is 8.48. The van der Waals surface area contributed by atoms with E-state index in [-0.39, 0.29) is 30.7 Å². The third-order valence-corrected chi connectivity index (χ3v) is 11.1. The van der Waals surface area contributed by atoms with Crippen LogP contribution in [0.5, 0.6) is 5.75 Å². The first-order valence-corrected chi connectivity index (χ1v) is 15.0. The first-order valence-electron chi connectivity index (χ1n) is 11.8. The van der Waals surface area contributed by atoms with Gasteiger partial charge in [0, 0.05) is 23.4 Å². The van der Waals surface area contributed by atoms with Crippen molar-refractivity contribution in [1.82, 2.24) is 9.55 Å². The normalized spacial score (nSPS) is 18.6. The van der Waals surface area contributed by atoms with Crippen molar-refractivity contribution in [3.63, 3.8) is 0 Å². The van der Waals surface area contributed by atoms with Crippen LogP contribution >= 0.6 is 0 Å². The highest BCUT2D eigenvalue weighted by atomic mass is 28.3. The maximum atomic E-state index is 13.4. The molecule has 0 spiro atoms. The Morgan fingerprint density at radius 3 is 2.66 bits per heavy atom. The zero-order valence-corrected chi connectivity index (χ0v) is 21.5. The minimum absolute atomic E-state index is 0.0892. The van der Waals surface area contributed by atoms with Crippen LogP contribution in [0.15, 0.2) is 29.1 Å². The van der Waals surface area contributed by atoms with Crippen molar-refractivity contribution in [1.29, 1.82) is 0 Å². The molecule has 3 aromatic rings. The number of ether oxygens (including phenoxy) is 2. The van der Waals surface area contributed by atoms with E-state index in [9.17, 15) is 19.5 Å². The molecule has 0 aliphatic carbocycles. The summed E-state index contributed by atoms with van der Waals surface area (Å²) in [5.41, 5.74) is 1.17. The van der Waals surface area contributed by atoms with Crippen molar-refractivity contribution in [3.8, 4) is 17.1 Å². The number of hydrogen-bond acceptors (Lipinski definition) is 7. The first-order chi connectivity index (χ1) is 16.5. The van der Waals surface area contributed by atoms with Gasteiger partial charge in [-0.3, -0.25) is 9.59 Å². The number of benzene rings is 1. The highest BCUT2D eigenvalue weighted by molar-refractivity contribution is 6.91. The summed E-state index contributed by atoms with van der Waals surface area (Å²) >= 11 is 0. The van der Waals surface area contributed by atoms with Gasteiger partial charge in [0.15, 0.2) is 5.60 Å². The molecule has 1 atom stereocenters. The predicted octanol–water partition coefficient (Wildman–Crippen LogP) is 2.94. The van der Waals surface area contributed by atoms with Crippen LogP contribution in [0.2, 0.25) is 19.1 Å². The summed E-state index contributed by atoms with van der Waals surface area (Å²) in [6.07, 6.45) is 0.0892. The maximum Gasteiger partial charge on any atom is 0.343 e. The molecule has 9 heteroatoms. The Hall–Kier alpha value is -3.30. The van der Waals surface area contributed by atoms with Gasteiger partial charge in [-0.2, -0.15) is 0 Å². The number of aromatic nitrogens is 2. The van der Waals surface area contributed by atoms with Crippen LogP contribution in [0, 0.1) is 0 Å². The number of fused-ring (bicyclic) bond motifs is 5. The van der Waals surface area contributed by atoms with E-state index in [4.69, 9.17) is 14.5 Å². The Morgan fingerprint density at radius 1 is 1.26 bits per heavy atom. The summed E-state index contributed by atoms with van der Waals surface area (Å²) in [5.74, 6) is -0.720. The molecule has 0 saturated carbocycles. The van der Waals surface area contributed by atoms with Crippen LogP contribution in [0.1, 0.15) is 43.9 Å². The van der Waals surface area contributed by atoms with E-state index >= 15 is 0 Å². The first kappa shape index (κ1) is 23.4. The Balaban J connectivity index is 1.81. The summed E-state index contributed by atoms with van der Waals surface area (Å²) in [5, 5.41) is 13.0. The largest absolute Gasteiger partial charge is 0.458 e. The van der Waals surface area contributed by atoms with Gasteiger partial charge in [-0.15, -0.1) is 0 Å². The van der Waals surface area contributed by atoms with Gasteiger partial charge in [-0.1, -0.05) is 39.1 Å². The fraction of sp³-hybridized carbons (Fsp3) is 0.385. The molecule has 4 heterocycles. The monoisotopic (exact) mass is 492 g/mol. The number of aliphatic hydroxyl groups is 1. The molecule has 35 heavy (non-hydrogen) atoms. The third-order valence-electron chi connectivity index (χ3n) is 7.50. The molecule has 0 fully saturated rings. The molecule has 2 aliphatic rings. The second-order valence-electron chi connectivity index (χ2n) is 9.94. The molecule has 2 aromatic heterocycles. The average molecular weight is 493 g/mol. The number of cyclic esters (lactones) is 1. The highest BCUT2D eigenvalue weighted by Crippen LogP contribution is 2.39. The van der Waals surface area contributed by atoms with Crippen LogP contribution in [0.4, 0.5) is 0 Å². The van der Waals surface area contributed by atoms with Gasteiger partial charge in [-0.25, -0.2) is 9.78 Å². The molecule has 0 amide bonds. The SMILES string of the molecule is CC[C@@]1(O)C(=O)OCc2c1cc1n(c2=O)Cc2cc3c(OC(C)=O)ccc([Si](C)(C)CC)c3nc2-1. The number of rotatable bonds is 4. The molecule has 0 unspecified atom stereocenters. The minimum Gasteiger partial charge on any atom is -0.458 e. The van der Waals surface area contributed by atoms with Crippen molar-refractivity contribution in [3.05, 3.63) is 51.3 Å². The Bertz CT molecular complexity index is 1490. The molecule has 0 bridgehead atoms. The van der Waals surface area contributed by atoms with Gasteiger partial charge >= 0.3 is 11.9 Å². The lowest BCUT2D eigenvalue weighted by Gasteiger charge is -2.31. The number of esters is 2. The molecule has 5 rings (SSSR count). The van der Waals surface area contributed by atoms with Crippen LogP contribution in [-0.2, 0) is 33.1 Å². The molecule has 8 nitrogen and oxygen atoms in total. The van der Waals surface area contributed by atoms with E-state index < -0.39 is 25.6 Å². The number of hydrogen-bond donors (Lipinski definition) is 1. The molecule has 1 aromatic carbocycles. The lowest BCUT2D eigenvalue weighted by Crippen LogP contribution is -2.44. The highest BCUT2D eigenvalue weighted by Gasteiger charge is 2.45. The molecular weight excluding hydrogens is 464 g/mol. The third kappa shape index (κ3) is 3.36. The van der Waals surface area contributed by atoms with E-state index in [1.807, 2.05) is 18.2 Å². The Kier molecular flexibility index (Phi) is 5.26. The van der Waals surface area contributed by atoms with Gasteiger partial charge in [0.05, 0.1) is 37.1 Å². The van der Waals surface area contributed by atoms with Gasteiger partial charge in [0.2, 0.25) is 0 Å². The number of carbonyl (C=O) groups excluding carboxylic acids is 2. The fourth-order valence-corrected chi connectivity index (χ4v) is 6.77. The smallest absolute Gasteiger partial charge is 0.343 e. The van der Waals surface area contributed by atoms with Crippen LogP contribution < -0.4 is 15.5 Å². The zero-order valence-electron chi connectivity index (χ0n) is 20.5. The summed E-state index contributed by atoms with van der Waals surface area (Å²) in [6.45, 7) is 9.87. The van der Waals surface area contributed by atoms with Crippen molar-refractivity contribution >= 4 is 36.1 Å². The number of nitrogens with zero attached hydrogens (tertiary/aromatic N) is 2. The lowest BCUT2D eigenvalue weighted by atomic mass is 9.86. The summed E-state index contributed by atoms with van der Waals surface area (Å²) in [4.78, 5) is 42.7. The van der Waals surface area contributed by atoms with Crippen molar-refractivity contribution in [2.75, 3.05) is 0 Å². The van der Waals surface area contributed by atoms with Crippen molar-refractivity contribution in [2.24, 2.45) is 0 Å². The molecule has 182 valence electrons. The molecule has 0 radical (unpaired) electrons. The fourth-order valence-electron chi connectivity index (χ4n) is 5.02. The van der Waals surface area contributed by atoms with Crippen LogP contribution in [0.25, 0.3) is 22.3 Å². The summed E-state index contributed by atoms with van der Waals surface area (Å²) in [7, 11) is -1.85. The Labute approximate surface area is 203 Å². The van der Waals surface area contributed by atoms with E-state index in [1.54, 1.807) is 17.6 Å². The van der Waals surface area contributed by atoms with Gasteiger partial charge in [0.1, 0.15) is 12.4 Å². The van der Waals surface area contributed by atoms with Crippen molar-refractivity contribution < 1.29 is 24.2 Å². The molecular formula is C26H28N2O6Si. The minimum atomic E-state index is -1.87. The topological polar surface area (TPSA) is 108 Å². The summed E-state index contributed by atoms with van der Waals surface area (Å²) < 4.78 is 12.3. The molecule has 2 aliphatic heterocycles.